The first-order valence-corrected chi connectivity index (χ1v) is 13.0. The van der Waals surface area contributed by atoms with Gasteiger partial charge in [0.2, 0.25) is 15.9 Å². The summed E-state index contributed by atoms with van der Waals surface area (Å²) < 4.78 is 28.8. The van der Waals surface area contributed by atoms with Gasteiger partial charge < -0.3 is 9.88 Å². The van der Waals surface area contributed by atoms with E-state index in [2.05, 4.69) is 5.32 Å². The van der Waals surface area contributed by atoms with Crippen LogP contribution in [0.5, 0.6) is 0 Å². The number of nitrogens with zero attached hydrogens (tertiary/aromatic N) is 3. The van der Waals surface area contributed by atoms with Crippen LogP contribution in [0.2, 0.25) is 0 Å². The number of aromatic nitrogens is 2. The summed E-state index contributed by atoms with van der Waals surface area (Å²) in [5.41, 5.74) is -0.922. The SMILES string of the molecule is CCn1c(=O)c(=O)n(CC(=O)NC(C)C2CC3CCC2C3)c2cc(S(=O)(=O)N(C)C)ccc21. The van der Waals surface area contributed by atoms with Crippen LogP contribution in [0.1, 0.15) is 39.5 Å². The van der Waals surface area contributed by atoms with Crippen molar-refractivity contribution >= 4 is 27.0 Å². The van der Waals surface area contributed by atoms with Crippen LogP contribution in [0.3, 0.4) is 0 Å². The van der Waals surface area contributed by atoms with Gasteiger partial charge in [-0.3, -0.25) is 19.0 Å². The molecule has 0 aliphatic heterocycles. The van der Waals surface area contributed by atoms with Crippen LogP contribution in [0.25, 0.3) is 11.0 Å². The van der Waals surface area contributed by atoms with Crippen molar-refractivity contribution in [2.45, 2.75) is 63.6 Å². The molecule has 180 valence electrons. The minimum absolute atomic E-state index is 0.00907. The monoisotopic (exact) mass is 476 g/mol. The number of sulfonamides is 1. The molecule has 4 unspecified atom stereocenters. The highest BCUT2D eigenvalue weighted by atomic mass is 32.2. The molecule has 1 N–H and O–H groups in total. The van der Waals surface area contributed by atoms with Crippen molar-refractivity contribution in [1.29, 1.82) is 0 Å². The van der Waals surface area contributed by atoms with E-state index in [4.69, 9.17) is 0 Å². The average molecular weight is 477 g/mol. The van der Waals surface area contributed by atoms with Gasteiger partial charge >= 0.3 is 11.1 Å². The Balaban J connectivity index is 1.71. The van der Waals surface area contributed by atoms with Gasteiger partial charge in [0.05, 0.1) is 15.9 Å². The van der Waals surface area contributed by atoms with Crippen LogP contribution in [0.15, 0.2) is 32.7 Å². The van der Waals surface area contributed by atoms with Gasteiger partial charge in [0.15, 0.2) is 0 Å². The smallest absolute Gasteiger partial charge is 0.317 e. The average Bonchev–Trinajstić information content (AvgIpc) is 3.40. The summed E-state index contributed by atoms with van der Waals surface area (Å²) in [5.74, 6) is 1.47. The fourth-order valence-corrected chi connectivity index (χ4v) is 6.62. The Morgan fingerprint density at radius 1 is 1.12 bits per heavy atom. The molecular weight excluding hydrogens is 444 g/mol. The van der Waals surface area contributed by atoms with Gasteiger partial charge in [0.1, 0.15) is 6.54 Å². The molecule has 0 saturated heterocycles. The molecule has 9 nitrogen and oxygen atoms in total. The summed E-state index contributed by atoms with van der Waals surface area (Å²) >= 11 is 0. The van der Waals surface area contributed by atoms with E-state index in [1.54, 1.807) is 6.92 Å². The van der Waals surface area contributed by atoms with Crippen molar-refractivity contribution < 1.29 is 13.2 Å². The highest BCUT2D eigenvalue weighted by Gasteiger charge is 2.42. The summed E-state index contributed by atoms with van der Waals surface area (Å²) in [7, 11) is -0.920. The number of hydrogen-bond donors (Lipinski definition) is 1. The van der Waals surface area contributed by atoms with E-state index in [1.165, 1.54) is 56.1 Å². The predicted octanol–water partition coefficient (Wildman–Crippen LogP) is 1.37. The van der Waals surface area contributed by atoms with E-state index in [0.29, 0.717) is 17.4 Å². The Bertz CT molecular complexity index is 1310. The van der Waals surface area contributed by atoms with Crippen molar-refractivity contribution in [2.75, 3.05) is 14.1 Å². The number of carbonyl (C=O) groups excluding carboxylic acids is 1. The fourth-order valence-electron chi connectivity index (χ4n) is 5.70. The molecule has 1 heterocycles. The highest BCUT2D eigenvalue weighted by Crippen LogP contribution is 2.49. The Morgan fingerprint density at radius 2 is 1.82 bits per heavy atom. The first-order valence-electron chi connectivity index (χ1n) is 11.5. The van der Waals surface area contributed by atoms with Crippen LogP contribution in [0, 0.1) is 17.8 Å². The number of carbonyl (C=O) groups is 1. The third-order valence-electron chi connectivity index (χ3n) is 7.42. The number of fused-ring (bicyclic) bond motifs is 3. The third kappa shape index (κ3) is 4.14. The van der Waals surface area contributed by atoms with Gasteiger partial charge in [-0.1, -0.05) is 6.42 Å². The van der Waals surface area contributed by atoms with Crippen LogP contribution in [-0.2, 0) is 27.9 Å². The van der Waals surface area contributed by atoms with E-state index in [1.807, 2.05) is 6.92 Å². The molecule has 1 amide bonds. The lowest BCUT2D eigenvalue weighted by molar-refractivity contribution is -0.122. The van der Waals surface area contributed by atoms with Crippen molar-refractivity contribution in [3.63, 3.8) is 0 Å². The standard InChI is InChI=1S/C23H32N4O5S/c1-5-26-19-9-8-17(33(31,32)25(3)4)12-20(19)27(23(30)22(26)29)13-21(28)24-14(2)18-11-15-6-7-16(18)10-15/h8-9,12,14-16,18H,5-7,10-11,13H2,1-4H3,(H,24,28). The van der Waals surface area contributed by atoms with Gasteiger partial charge in [0, 0.05) is 26.7 Å². The topological polar surface area (TPSA) is 110 Å². The number of rotatable bonds is 7. The quantitative estimate of drug-likeness (QED) is 0.607. The van der Waals surface area contributed by atoms with Crippen LogP contribution in [-0.4, -0.2) is 47.9 Å². The molecule has 1 aromatic heterocycles. The zero-order chi connectivity index (χ0) is 24.1. The number of amides is 1. The second kappa shape index (κ2) is 8.72. The van der Waals surface area contributed by atoms with E-state index in [0.717, 1.165) is 21.2 Å². The maximum absolute atomic E-state index is 12.9. The molecule has 2 fully saturated rings. The van der Waals surface area contributed by atoms with Gasteiger partial charge in [-0.15, -0.1) is 0 Å². The Hall–Kier alpha value is -2.46. The molecule has 2 aliphatic carbocycles. The first kappa shape index (κ1) is 23.7. The minimum Gasteiger partial charge on any atom is -0.352 e. The summed E-state index contributed by atoms with van der Waals surface area (Å²) in [5, 5.41) is 3.02. The lowest BCUT2D eigenvalue weighted by Crippen LogP contribution is -2.46. The number of nitrogens with one attached hydrogen (secondary N) is 1. The van der Waals surface area contributed by atoms with Gasteiger partial charge in [-0.25, -0.2) is 12.7 Å². The molecule has 2 aromatic rings. The largest absolute Gasteiger partial charge is 0.352 e. The lowest BCUT2D eigenvalue weighted by Gasteiger charge is -2.28. The Morgan fingerprint density at radius 3 is 2.39 bits per heavy atom. The van der Waals surface area contributed by atoms with Crippen molar-refractivity contribution in [3.8, 4) is 0 Å². The molecular formula is C23H32N4O5S. The van der Waals surface area contributed by atoms with Crippen LogP contribution < -0.4 is 16.4 Å². The third-order valence-corrected chi connectivity index (χ3v) is 9.23. The molecule has 0 radical (unpaired) electrons. The summed E-state index contributed by atoms with van der Waals surface area (Å²) in [4.78, 5) is 38.5. The van der Waals surface area contributed by atoms with E-state index < -0.39 is 21.1 Å². The number of hydrogen-bond acceptors (Lipinski definition) is 5. The normalized spacial score (nSPS) is 23.4. The summed E-state index contributed by atoms with van der Waals surface area (Å²) in [6, 6.07) is 4.28. The highest BCUT2D eigenvalue weighted by molar-refractivity contribution is 7.89. The van der Waals surface area contributed by atoms with Gasteiger partial charge in [-0.05, 0) is 69.1 Å². The second-order valence-corrected chi connectivity index (χ2v) is 11.7. The first-order chi connectivity index (χ1) is 15.5. The van der Waals surface area contributed by atoms with E-state index in [-0.39, 0.29) is 35.5 Å². The molecule has 4 rings (SSSR count). The van der Waals surface area contributed by atoms with Crippen molar-refractivity contribution in [1.82, 2.24) is 18.8 Å². The molecule has 2 aliphatic rings. The fraction of sp³-hybridized carbons (Fsp3) is 0.609. The zero-order valence-electron chi connectivity index (χ0n) is 19.6. The van der Waals surface area contributed by atoms with E-state index in [9.17, 15) is 22.8 Å². The summed E-state index contributed by atoms with van der Waals surface area (Å²) in [6.45, 7) is 3.64. The Kier molecular flexibility index (Phi) is 6.26. The van der Waals surface area contributed by atoms with Crippen LogP contribution >= 0.6 is 0 Å². The van der Waals surface area contributed by atoms with Crippen LogP contribution in [0.4, 0.5) is 0 Å². The minimum atomic E-state index is -3.76. The molecule has 4 atom stereocenters. The molecule has 2 bridgehead atoms. The van der Waals surface area contributed by atoms with Crippen molar-refractivity contribution in [3.05, 3.63) is 38.9 Å². The number of aryl methyl sites for hydroxylation is 1. The molecule has 2 saturated carbocycles. The van der Waals surface area contributed by atoms with E-state index >= 15 is 0 Å². The van der Waals surface area contributed by atoms with Crippen molar-refractivity contribution in [2.24, 2.45) is 17.8 Å². The Labute approximate surface area is 193 Å². The zero-order valence-corrected chi connectivity index (χ0v) is 20.4. The number of benzene rings is 1. The molecule has 10 heteroatoms. The van der Waals surface area contributed by atoms with Gasteiger partial charge in [-0.2, -0.15) is 0 Å². The van der Waals surface area contributed by atoms with Gasteiger partial charge in [0.25, 0.3) is 0 Å². The second-order valence-electron chi connectivity index (χ2n) is 9.57. The summed E-state index contributed by atoms with van der Waals surface area (Å²) in [6.07, 6.45) is 4.83. The lowest BCUT2D eigenvalue weighted by atomic mass is 9.84. The molecule has 1 aromatic carbocycles. The maximum atomic E-state index is 12.9. The maximum Gasteiger partial charge on any atom is 0.317 e. The molecule has 33 heavy (non-hydrogen) atoms. The molecule has 0 spiro atoms. The predicted molar refractivity (Wildman–Crippen MR) is 126 cm³/mol.